The van der Waals surface area contributed by atoms with Crippen LogP contribution in [0.1, 0.15) is 31.5 Å². The van der Waals surface area contributed by atoms with E-state index in [1.165, 1.54) is 27.4 Å². The molecule has 114 valence electrons. The highest BCUT2D eigenvalue weighted by atomic mass is 127. The standard InChI is InChI=1S/C15H27IN2OSi/c1-15(2)7-6-12-13(10-15)17-18(14(12)16)11-19-8-9-20(3,4)5/h6-11H2,1-5H3. The summed E-state index contributed by atoms with van der Waals surface area (Å²) >= 11 is 2.43. The van der Waals surface area contributed by atoms with Crippen LogP contribution in [0.5, 0.6) is 0 Å². The molecule has 0 saturated carbocycles. The van der Waals surface area contributed by atoms with Crippen molar-refractivity contribution in [2.24, 2.45) is 5.41 Å². The average molecular weight is 406 g/mol. The molecule has 0 bridgehead atoms. The third-order valence-corrected chi connectivity index (χ3v) is 6.89. The van der Waals surface area contributed by atoms with Gasteiger partial charge >= 0.3 is 0 Å². The van der Waals surface area contributed by atoms with Gasteiger partial charge in [-0.2, -0.15) is 5.10 Å². The highest BCUT2D eigenvalue weighted by Crippen LogP contribution is 2.36. The monoisotopic (exact) mass is 406 g/mol. The first-order chi connectivity index (χ1) is 9.18. The minimum Gasteiger partial charge on any atom is -0.359 e. The summed E-state index contributed by atoms with van der Waals surface area (Å²) in [6.07, 6.45) is 3.52. The van der Waals surface area contributed by atoms with Crippen molar-refractivity contribution in [2.75, 3.05) is 6.61 Å². The number of rotatable bonds is 5. The zero-order chi connectivity index (χ0) is 15.0. The van der Waals surface area contributed by atoms with Crippen LogP contribution in [0.15, 0.2) is 0 Å². The molecule has 0 radical (unpaired) electrons. The second-order valence-corrected chi connectivity index (χ2v) is 14.5. The van der Waals surface area contributed by atoms with Crippen LogP contribution in [-0.2, 0) is 24.3 Å². The largest absolute Gasteiger partial charge is 0.359 e. The Kier molecular flexibility index (Phi) is 5.01. The van der Waals surface area contributed by atoms with E-state index in [0.29, 0.717) is 12.1 Å². The van der Waals surface area contributed by atoms with Gasteiger partial charge in [0, 0.05) is 20.2 Å². The Morgan fingerprint density at radius 2 is 2.05 bits per heavy atom. The van der Waals surface area contributed by atoms with Gasteiger partial charge in [0.15, 0.2) is 0 Å². The van der Waals surface area contributed by atoms with Gasteiger partial charge in [0.2, 0.25) is 0 Å². The number of hydrogen-bond donors (Lipinski definition) is 0. The molecule has 0 spiro atoms. The van der Waals surface area contributed by atoms with Gasteiger partial charge in [0.1, 0.15) is 10.4 Å². The van der Waals surface area contributed by atoms with Gasteiger partial charge in [-0.05, 0) is 53.3 Å². The number of nitrogens with zero attached hydrogens (tertiary/aromatic N) is 2. The van der Waals surface area contributed by atoms with Crippen LogP contribution in [-0.4, -0.2) is 24.5 Å². The molecule has 0 aromatic carbocycles. The summed E-state index contributed by atoms with van der Waals surface area (Å²) in [7, 11) is -0.994. The first kappa shape index (κ1) is 16.5. The van der Waals surface area contributed by atoms with E-state index in [1.54, 1.807) is 0 Å². The molecule has 5 heteroatoms. The van der Waals surface area contributed by atoms with E-state index in [1.807, 2.05) is 0 Å². The summed E-state index contributed by atoms with van der Waals surface area (Å²) in [5, 5.41) is 4.78. The molecule has 1 heterocycles. The van der Waals surface area contributed by atoms with Gasteiger partial charge in [0.25, 0.3) is 0 Å². The molecule has 0 N–H and O–H groups in total. The van der Waals surface area contributed by atoms with Gasteiger partial charge in [-0.25, -0.2) is 4.68 Å². The van der Waals surface area contributed by atoms with Crippen molar-refractivity contribution >= 4 is 30.7 Å². The molecule has 0 saturated heterocycles. The maximum Gasteiger partial charge on any atom is 0.140 e. The molecule has 1 aliphatic carbocycles. The van der Waals surface area contributed by atoms with Crippen LogP contribution >= 0.6 is 22.6 Å². The lowest BCUT2D eigenvalue weighted by molar-refractivity contribution is 0.0763. The molecular formula is C15H27IN2OSi. The normalized spacial score (nSPS) is 18.1. The number of aromatic nitrogens is 2. The Bertz CT molecular complexity index is 477. The zero-order valence-electron chi connectivity index (χ0n) is 13.4. The van der Waals surface area contributed by atoms with Crippen LogP contribution in [0.4, 0.5) is 0 Å². The lowest BCUT2D eigenvalue weighted by atomic mass is 9.77. The van der Waals surface area contributed by atoms with Crippen LogP contribution in [0.2, 0.25) is 25.7 Å². The van der Waals surface area contributed by atoms with Crippen molar-refractivity contribution in [2.45, 2.75) is 65.5 Å². The van der Waals surface area contributed by atoms with Crippen molar-refractivity contribution in [1.29, 1.82) is 0 Å². The second kappa shape index (κ2) is 6.08. The molecule has 0 atom stereocenters. The van der Waals surface area contributed by atoms with Crippen LogP contribution in [0.25, 0.3) is 0 Å². The Morgan fingerprint density at radius 3 is 2.70 bits per heavy atom. The van der Waals surface area contributed by atoms with Gasteiger partial charge < -0.3 is 4.74 Å². The SMILES string of the molecule is CC1(C)CCc2c(nn(COCC[Si](C)(C)C)c2I)C1. The molecule has 0 unspecified atom stereocenters. The number of ether oxygens (including phenoxy) is 1. The smallest absolute Gasteiger partial charge is 0.140 e. The van der Waals surface area contributed by atoms with Gasteiger partial charge in [-0.15, -0.1) is 0 Å². The minimum atomic E-state index is -0.994. The highest BCUT2D eigenvalue weighted by molar-refractivity contribution is 14.1. The van der Waals surface area contributed by atoms with Crippen molar-refractivity contribution in [3.05, 3.63) is 15.0 Å². The number of fused-ring (bicyclic) bond motifs is 1. The predicted octanol–water partition coefficient (Wildman–Crippen LogP) is 4.31. The van der Waals surface area contributed by atoms with Crippen LogP contribution in [0.3, 0.4) is 0 Å². The Labute approximate surface area is 137 Å². The summed E-state index contributed by atoms with van der Waals surface area (Å²) in [6, 6.07) is 1.22. The Balaban J connectivity index is 1.95. The van der Waals surface area contributed by atoms with Crippen molar-refractivity contribution in [3.8, 4) is 0 Å². The van der Waals surface area contributed by atoms with Crippen molar-refractivity contribution in [3.63, 3.8) is 0 Å². The fourth-order valence-corrected chi connectivity index (χ4v) is 4.12. The van der Waals surface area contributed by atoms with E-state index in [2.05, 4.69) is 60.8 Å². The Hall–Kier alpha value is 0.117. The summed E-state index contributed by atoms with van der Waals surface area (Å²) in [4.78, 5) is 0. The fourth-order valence-electron chi connectivity index (χ4n) is 2.53. The molecular weight excluding hydrogens is 379 g/mol. The summed E-state index contributed by atoms with van der Waals surface area (Å²) in [5.41, 5.74) is 3.15. The summed E-state index contributed by atoms with van der Waals surface area (Å²) < 4.78 is 9.17. The highest BCUT2D eigenvalue weighted by Gasteiger charge is 2.29. The van der Waals surface area contributed by atoms with E-state index in [-0.39, 0.29) is 0 Å². The zero-order valence-corrected chi connectivity index (χ0v) is 16.6. The van der Waals surface area contributed by atoms with Crippen LogP contribution < -0.4 is 0 Å². The fraction of sp³-hybridized carbons (Fsp3) is 0.800. The third-order valence-electron chi connectivity index (χ3n) is 3.97. The van der Waals surface area contributed by atoms with E-state index in [9.17, 15) is 0 Å². The molecule has 20 heavy (non-hydrogen) atoms. The topological polar surface area (TPSA) is 27.1 Å². The lowest BCUT2D eigenvalue weighted by Gasteiger charge is -2.28. The lowest BCUT2D eigenvalue weighted by Crippen LogP contribution is -2.22. The first-order valence-electron chi connectivity index (χ1n) is 7.50. The van der Waals surface area contributed by atoms with Gasteiger partial charge in [0.05, 0.1) is 5.69 Å². The minimum absolute atomic E-state index is 0.397. The van der Waals surface area contributed by atoms with Crippen LogP contribution in [0, 0.1) is 9.12 Å². The number of halogens is 1. The van der Waals surface area contributed by atoms with Crippen molar-refractivity contribution < 1.29 is 4.74 Å². The quantitative estimate of drug-likeness (QED) is 0.414. The second-order valence-electron chi connectivity index (χ2n) is 7.90. The molecule has 0 amide bonds. The maximum atomic E-state index is 5.84. The predicted molar refractivity (Wildman–Crippen MR) is 94.9 cm³/mol. The third kappa shape index (κ3) is 4.30. The molecule has 3 nitrogen and oxygen atoms in total. The van der Waals surface area contributed by atoms with Crippen molar-refractivity contribution in [1.82, 2.24) is 9.78 Å². The molecule has 0 aliphatic heterocycles. The van der Waals surface area contributed by atoms with E-state index < -0.39 is 8.07 Å². The van der Waals surface area contributed by atoms with Gasteiger partial charge in [-0.3, -0.25) is 0 Å². The maximum absolute atomic E-state index is 5.84. The molecule has 2 rings (SSSR count). The van der Waals surface area contributed by atoms with E-state index in [0.717, 1.165) is 19.4 Å². The first-order valence-corrected chi connectivity index (χ1v) is 12.3. The average Bonchev–Trinajstić information content (AvgIpc) is 2.58. The van der Waals surface area contributed by atoms with Gasteiger partial charge in [-0.1, -0.05) is 33.5 Å². The Morgan fingerprint density at radius 1 is 1.35 bits per heavy atom. The summed E-state index contributed by atoms with van der Waals surface area (Å²) in [5.74, 6) is 0. The number of hydrogen-bond acceptors (Lipinski definition) is 2. The summed E-state index contributed by atoms with van der Waals surface area (Å²) in [6.45, 7) is 13.3. The molecule has 1 aromatic heterocycles. The van der Waals surface area contributed by atoms with E-state index in [4.69, 9.17) is 9.84 Å². The molecule has 1 aromatic rings. The molecule has 1 aliphatic rings. The molecule has 0 fully saturated rings. The van der Waals surface area contributed by atoms with E-state index >= 15 is 0 Å².